The molecule has 5 nitrogen and oxygen atoms in total. The average molecular weight is 408 g/mol. The lowest BCUT2D eigenvalue weighted by molar-refractivity contribution is -0.124. The lowest BCUT2D eigenvalue weighted by Gasteiger charge is -2.32. The Bertz CT molecular complexity index is 741. The molecule has 27 heavy (non-hydrogen) atoms. The van der Waals surface area contributed by atoms with Gasteiger partial charge in [0, 0.05) is 42.0 Å². The number of allylic oxidation sites excluding steroid dienone is 1. The molecule has 0 aliphatic carbocycles. The Morgan fingerprint density at radius 2 is 2.11 bits per heavy atom. The Morgan fingerprint density at radius 3 is 2.81 bits per heavy atom. The summed E-state index contributed by atoms with van der Waals surface area (Å²) < 4.78 is 0. The van der Waals surface area contributed by atoms with Gasteiger partial charge in [0.2, 0.25) is 11.8 Å². The van der Waals surface area contributed by atoms with Crippen molar-refractivity contribution in [1.82, 2.24) is 10.2 Å². The summed E-state index contributed by atoms with van der Waals surface area (Å²) in [6, 6.07) is 5.62. The number of anilines is 1. The SMILES string of the molecule is CC(C)=CCN1CCC(NC(=O)CC2Sc3ccc(Cl)cc3NC2=O)CC1. The summed E-state index contributed by atoms with van der Waals surface area (Å²) in [5.41, 5.74) is 2.05. The van der Waals surface area contributed by atoms with Crippen molar-refractivity contribution >= 4 is 40.9 Å². The number of amides is 2. The molecule has 2 aliphatic rings. The highest BCUT2D eigenvalue weighted by Crippen LogP contribution is 2.38. The number of hydrogen-bond donors (Lipinski definition) is 2. The molecule has 1 aromatic rings. The quantitative estimate of drug-likeness (QED) is 0.731. The first-order valence-electron chi connectivity index (χ1n) is 9.33. The molecule has 1 atom stereocenters. The van der Waals surface area contributed by atoms with E-state index in [-0.39, 0.29) is 24.3 Å². The second kappa shape index (κ2) is 9.13. The van der Waals surface area contributed by atoms with E-state index in [1.165, 1.54) is 17.3 Å². The van der Waals surface area contributed by atoms with Crippen LogP contribution in [-0.4, -0.2) is 47.6 Å². The molecule has 0 saturated carbocycles. The number of benzene rings is 1. The molecule has 0 bridgehead atoms. The van der Waals surface area contributed by atoms with Gasteiger partial charge >= 0.3 is 0 Å². The van der Waals surface area contributed by atoms with E-state index in [1.54, 1.807) is 12.1 Å². The first-order valence-corrected chi connectivity index (χ1v) is 10.6. The summed E-state index contributed by atoms with van der Waals surface area (Å²) in [6.07, 6.45) is 4.33. The molecule has 1 aromatic carbocycles. The summed E-state index contributed by atoms with van der Waals surface area (Å²) >= 11 is 7.40. The van der Waals surface area contributed by atoms with E-state index in [1.807, 2.05) is 6.07 Å². The number of hydrogen-bond acceptors (Lipinski definition) is 4. The van der Waals surface area contributed by atoms with E-state index in [2.05, 4.69) is 35.5 Å². The van der Waals surface area contributed by atoms with Crippen molar-refractivity contribution in [2.75, 3.05) is 25.0 Å². The molecule has 1 saturated heterocycles. The van der Waals surface area contributed by atoms with Gasteiger partial charge in [0.05, 0.1) is 10.9 Å². The Hall–Kier alpha value is -1.50. The zero-order valence-corrected chi connectivity index (χ0v) is 17.3. The highest BCUT2D eigenvalue weighted by atomic mass is 35.5. The highest BCUT2D eigenvalue weighted by Gasteiger charge is 2.30. The van der Waals surface area contributed by atoms with Crippen LogP contribution in [0, 0.1) is 0 Å². The molecule has 146 valence electrons. The minimum Gasteiger partial charge on any atom is -0.353 e. The van der Waals surface area contributed by atoms with Crippen molar-refractivity contribution in [1.29, 1.82) is 0 Å². The molecule has 0 radical (unpaired) electrons. The van der Waals surface area contributed by atoms with Gasteiger partial charge < -0.3 is 10.6 Å². The average Bonchev–Trinajstić information content (AvgIpc) is 2.62. The number of nitrogens with zero attached hydrogens (tertiary/aromatic N) is 1. The fourth-order valence-corrected chi connectivity index (χ4v) is 4.55. The molecular weight excluding hydrogens is 382 g/mol. The molecule has 2 aliphatic heterocycles. The van der Waals surface area contributed by atoms with Gasteiger partial charge in [-0.2, -0.15) is 0 Å². The normalized spacial score (nSPS) is 20.6. The van der Waals surface area contributed by atoms with Crippen LogP contribution in [0.1, 0.15) is 33.1 Å². The number of carbonyl (C=O) groups is 2. The second-order valence-electron chi connectivity index (χ2n) is 7.36. The van der Waals surface area contributed by atoms with Crippen molar-refractivity contribution in [3.63, 3.8) is 0 Å². The molecule has 1 unspecified atom stereocenters. The fraction of sp³-hybridized carbons (Fsp3) is 0.500. The smallest absolute Gasteiger partial charge is 0.238 e. The summed E-state index contributed by atoms with van der Waals surface area (Å²) in [5.74, 6) is -0.190. The van der Waals surface area contributed by atoms with Crippen LogP contribution < -0.4 is 10.6 Å². The Labute approximate surface area is 169 Å². The summed E-state index contributed by atoms with van der Waals surface area (Å²) in [5, 5.41) is 6.14. The fourth-order valence-electron chi connectivity index (χ4n) is 3.28. The van der Waals surface area contributed by atoms with Gasteiger partial charge in [-0.05, 0) is 44.9 Å². The highest BCUT2D eigenvalue weighted by molar-refractivity contribution is 8.01. The minimum absolute atomic E-state index is 0.0530. The third-order valence-corrected chi connectivity index (χ3v) is 6.35. The predicted molar refractivity (Wildman–Crippen MR) is 111 cm³/mol. The number of carbonyl (C=O) groups excluding carboxylic acids is 2. The monoisotopic (exact) mass is 407 g/mol. The van der Waals surface area contributed by atoms with Crippen molar-refractivity contribution in [2.24, 2.45) is 0 Å². The molecule has 3 rings (SSSR count). The number of rotatable bonds is 5. The van der Waals surface area contributed by atoms with Crippen LogP contribution in [0.3, 0.4) is 0 Å². The topological polar surface area (TPSA) is 61.4 Å². The lowest BCUT2D eigenvalue weighted by atomic mass is 10.0. The van der Waals surface area contributed by atoms with Gasteiger partial charge in [-0.3, -0.25) is 14.5 Å². The molecule has 0 spiro atoms. The zero-order valence-electron chi connectivity index (χ0n) is 15.8. The number of piperidine rings is 1. The van der Waals surface area contributed by atoms with Gasteiger partial charge in [-0.15, -0.1) is 11.8 Å². The molecule has 7 heteroatoms. The lowest BCUT2D eigenvalue weighted by Crippen LogP contribution is -2.45. The molecular formula is C20H26ClN3O2S. The number of nitrogens with one attached hydrogen (secondary N) is 2. The first-order chi connectivity index (χ1) is 12.9. The zero-order chi connectivity index (χ0) is 19.4. The Morgan fingerprint density at radius 1 is 1.37 bits per heavy atom. The van der Waals surface area contributed by atoms with E-state index in [0.29, 0.717) is 5.02 Å². The van der Waals surface area contributed by atoms with Gasteiger partial charge in [0.15, 0.2) is 0 Å². The summed E-state index contributed by atoms with van der Waals surface area (Å²) in [7, 11) is 0. The van der Waals surface area contributed by atoms with E-state index >= 15 is 0 Å². The Balaban J connectivity index is 1.47. The maximum atomic E-state index is 12.4. The molecule has 2 N–H and O–H groups in total. The number of thioether (sulfide) groups is 1. The van der Waals surface area contributed by atoms with Crippen LogP contribution in [0.2, 0.25) is 5.02 Å². The van der Waals surface area contributed by atoms with E-state index in [9.17, 15) is 9.59 Å². The van der Waals surface area contributed by atoms with Crippen LogP contribution in [-0.2, 0) is 9.59 Å². The summed E-state index contributed by atoms with van der Waals surface area (Å²) in [6.45, 7) is 7.17. The van der Waals surface area contributed by atoms with Gasteiger partial charge in [-0.25, -0.2) is 0 Å². The van der Waals surface area contributed by atoms with E-state index < -0.39 is 5.25 Å². The minimum atomic E-state index is -0.406. The number of likely N-dealkylation sites (tertiary alicyclic amines) is 1. The van der Waals surface area contributed by atoms with Crippen molar-refractivity contribution in [3.05, 3.63) is 34.9 Å². The molecule has 1 fully saturated rings. The number of fused-ring (bicyclic) bond motifs is 1. The maximum Gasteiger partial charge on any atom is 0.238 e. The Kier molecular flexibility index (Phi) is 6.84. The third kappa shape index (κ3) is 5.74. The van der Waals surface area contributed by atoms with Gasteiger partial charge in [0.25, 0.3) is 0 Å². The molecule has 2 amide bonds. The third-order valence-electron chi connectivity index (χ3n) is 4.84. The predicted octanol–water partition coefficient (Wildman–Crippen LogP) is 3.69. The van der Waals surface area contributed by atoms with Crippen LogP contribution in [0.25, 0.3) is 0 Å². The van der Waals surface area contributed by atoms with Crippen LogP contribution in [0.4, 0.5) is 5.69 Å². The molecule has 0 aromatic heterocycles. The standard InChI is InChI=1S/C20H26ClN3O2S/c1-13(2)5-8-24-9-6-15(7-10-24)22-19(25)12-18-20(26)23-16-11-14(21)3-4-17(16)27-18/h3-5,11,15,18H,6-10,12H2,1-2H3,(H,22,25)(H,23,26). The van der Waals surface area contributed by atoms with E-state index in [0.717, 1.165) is 43.1 Å². The van der Waals surface area contributed by atoms with E-state index in [4.69, 9.17) is 11.6 Å². The van der Waals surface area contributed by atoms with Crippen molar-refractivity contribution in [2.45, 2.75) is 49.3 Å². The number of halogens is 1. The van der Waals surface area contributed by atoms with Crippen LogP contribution in [0.15, 0.2) is 34.7 Å². The van der Waals surface area contributed by atoms with Crippen LogP contribution >= 0.6 is 23.4 Å². The van der Waals surface area contributed by atoms with Crippen molar-refractivity contribution in [3.8, 4) is 0 Å². The van der Waals surface area contributed by atoms with Gasteiger partial charge in [0.1, 0.15) is 0 Å². The first kappa shape index (κ1) is 20.2. The molecule has 2 heterocycles. The maximum absolute atomic E-state index is 12.4. The largest absolute Gasteiger partial charge is 0.353 e. The van der Waals surface area contributed by atoms with Gasteiger partial charge in [-0.1, -0.05) is 23.3 Å². The van der Waals surface area contributed by atoms with Crippen molar-refractivity contribution < 1.29 is 9.59 Å². The summed E-state index contributed by atoms with van der Waals surface area (Å²) in [4.78, 5) is 28.1. The second-order valence-corrected chi connectivity index (χ2v) is 9.05. The van der Waals surface area contributed by atoms with Crippen LogP contribution in [0.5, 0.6) is 0 Å².